The van der Waals surface area contributed by atoms with E-state index in [0.29, 0.717) is 24.4 Å². The number of nitrogens with zero attached hydrogens (tertiary/aromatic N) is 1. The minimum atomic E-state index is -3.23. The zero-order chi connectivity index (χ0) is 18.9. The lowest BCUT2D eigenvalue weighted by molar-refractivity contribution is 0.0706. The van der Waals surface area contributed by atoms with Gasteiger partial charge in [-0.3, -0.25) is 10.0 Å². The van der Waals surface area contributed by atoms with E-state index in [2.05, 4.69) is 4.90 Å². The number of carbonyl (C=O) groups is 1. The van der Waals surface area contributed by atoms with Crippen LogP contribution < -0.4 is 15.1 Å². The molecule has 1 aliphatic heterocycles. The molecule has 0 aromatic heterocycles. The van der Waals surface area contributed by atoms with Crippen LogP contribution in [0.1, 0.15) is 22.8 Å². The second-order valence-corrected chi connectivity index (χ2v) is 8.36. The maximum absolute atomic E-state index is 11.7. The van der Waals surface area contributed by atoms with Gasteiger partial charge in [0.2, 0.25) is 0 Å². The van der Waals surface area contributed by atoms with Crippen molar-refractivity contribution in [2.75, 3.05) is 17.7 Å². The third-order valence-corrected chi connectivity index (χ3v) is 5.32. The summed E-state index contributed by atoms with van der Waals surface area (Å²) in [5.74, 6) is 0.0647. The van der Waals surface area contributed by atoms with Crippen molar-refractivity contribution in [1.82, 2.24) is 5.48 Å². The van der Waals surface area contributed by atoms with Crippen LogP contribution in [0.2, 0.25) is 0 Å². The number of hydrogen-bond acceptors (Lipinski definition) is 6. The highest BCUT2D eigenvalue weighted by Crippen LogP contribution is 2.35. The monoisotopic (exact) mass is 376 g/mol. The summed E-state index contributed by atoms with van der Waals surface area (Å²) >= 11 is 0. The second kappa shape index (κ2) is 6.97. The lowest BCUT2D eigenvalue weighted by atomic mass is 10.1. The molecule has 26 heavy (non-hydrogen) atoms. The van der Waals surface area contributed by atoms with E-state index in [-0.39, 0.29) is 11.0 Å². The Kier molecular flexibility index (Phi) is 4.88. The van der Waals surface area contributed by atoms with Crippen LogP contribution in [0.25, 0.3) is 0 Å². The van der Waals surface area contributed by atoms with Crippen molar-refractivity contribution in [3.05, 3.63) is 53.6 Å². The molecular formula is C18H20N2O5S. The van der Waals surface area contributed by atoms with Gasteiger partial charge in [0.25, 0.3) is 5.91 Å². The number of carbonyl (C=O) groups excluding carboxylic acids is 1. The maximum atomic E-state index is 11.7. The van der Waals surface area contributed by atoms with Gasteiger partial charge in [-0.15, -0.1) is 0 Å². The Balaban J connectivity index is 1.90. The van der Waals surface area contributed by atoms with Crippen molar-refractivity contribution in [2.45, 2.75) is 24.5 Å². The van der Waals surface area contributed by atoms with Crippen LogP contribution >= 0.6 is 0 Å². The Morgan fingerprint density at radius 1 is 1.27 bits per heavy atom. The maximum Gasteiger partial charge on any atom is 0.274 e. The van der Waals surface area contributed by atoms with Crippen molar-refractivity contribution in [1.29, 1.82) is 0 Å². The highest BCUT2D eigenvalue weighted by Gasteiger charge is 2.24. The molecule has 8 heteroatoms. The molecule has 0 saturated heterocycles. The van der Waals surface area contributed by atoms with Gasteiger partial charge < -0.3 is 9.64 Å². The van der Waals surface area contributed by atoms with Gasteiger partial charge in [0.1, 0.15) is 11.9 Å². The summed E-state index contributed by atoms with van der Waals surface area (Å²) in [5, 5.41) is 8.83. The summed E-state index contributed by atoms with van der Waals surface area (Å²) in [4.78, 5) is 14.0. The van der Waals surface area contributed by atoms with Gasteiger partial charge in [-0.05, 0) is 42.8 Å². The SMILES string of the molecule is CC1CN(Cc2ccc(S(C)(=O)=O)cc2)c2cc(C(=O)NO)ccc2O1. The van der Waals surface area contributed by atoms with E-state index in [4.69, 9.17) is 9.94 Å². The summed E-state index contributed by atoms with van der Waals surface area (Å²) in [5.41, 5.74) is 3.63. The number of benzene rings is 2. The quantitative estimate of drug-likeness (QED) is 0.626. The number of anilines is 1. The molecule has 2 aromatic carbocycles. The van der Waals surface area contributed by atoms with Crippen LogP contribution in [0.5, 0.6) is 5.75 Å². The van der Waals surface area contributed by atoms with Gasteiger partial charge in [0.05, 0.1) is 17.1 Å². The molecule has 1 unspecified atom stereocenters. The average Bonchev–Trinajstić information content (AvgIpc) is 2.60. The summed E-state index contributed by atoms with van der Waals surface area (Å²) in [7, 11) is -3.23. The van der Waals surface area contributed by atoms with Crippen LogP contribution in [0.4, 0.5) is 5.69 Å². The molecule has 138 valence electrons. The molecule has 0 spiro atoms. The number of ether oxygens (including phenoxy) is 1. The number of fused-ring (bicyclic) bond motifs is 1. The summed E-state index contributed by atoms with van der Waals surface area (Å²) in [6, 6.07) is 11.7. The van der Waals surface area contributed by atoms with Gasteiger partial charge in [-0.2, -0.15) is 0 Å². The van der Waals surface area contributed by atoms with Crippen LogP contribution in [0.3, 0.4) is 0 Å². The van der Waals surface area contributed by atoms with Gasteiger partial charge in [-0.1, -0.05) is 12.1 Å². The minimum Gasteiger partial charge on any atom is -0.487 e. The normalized spacial score (nSPS) is 16.6. The van der Waals surface area contributed by atoms with E-state index >= 15 is 0 Å². The summed E-state index contributed by atoms with van der Waals surface area (Å²) in [6.07, 6.45) is 1.14. The lowest BCUT2D eigenvalue weighted by Crippen LogP contribution is -2.38. The fraction of sp³-hybridized carbons (Fsp3) is 0.278. The Hall–Kier alpha value is -2.58. The molecule has 1 atom stereocenters. The first-order chi connectivity index (χ1) is 12.3. The number of amides is 1. The van der Waals surface area contributed by atoms with Crippen LogP contribution in [0, 0.1) is 0 Å². The fourth-order valence-corrected chi connectivity index (χ4v) is 3.58. The first-order valence-corrected chi connectivity index (χ1v) is 9.96. The topological polar surface area (TPSA) is 95.9 Å². The van der Waals surface area contributed by atoms with Crippen molar-refractivity contribution in [3.63, 3.8) is 0 Å². The van der Waals surface area contributed by atoms with Crippen LogP contribution in [-0.2, 0) is 16.4 Å². The van der Waals surface area contributed by atoms with E-state index in [0.717, 1.165) is 11.3 Å². The van der Waals surface area contributed by atoms with Gasteiger partial charge >= 0.3 is 0 Å². The third kappa shape index (κ3) is 3.81. The number of nitrogens with one attached hydrogen (secondary N) is 1. The van der Waals surface area contributed by atoms with E-state index in [1.165, 1.54) is 6.26 Å². The Morgan fingerprint density at radius 2 is 1.96 bits per heavy atom. The molecule has 0 radical (unpaired) electrons. The number of sulfone groups is 1. The molecule has 0 saturated carbocycles. The molecule has 2 aromatic rings. The van der Waals surface area contributed by atoms with Gasteiger partial charge in [-0.25, -0.2) is 13.9 Å². The molecule has 0 aliphatic carbocycles. The van der Waals surface area contributed by atoms with Crippen molar-refractivity contribution < 1.29 is 23.2 Å². The van der Waals surface area contributed by atoms with Crippen LogP contribution in [0.15, 0.2) is 47.4 Å². The molecule has 1 aliphatic rings. The van der Waals surface area contributed by atoms with E-state index in [1.807, 2.05) is 6.92 Å². The smallest absolute Gasteiger partial charge is 0.274 e. The molecule has 7 nitrogen and oxygen atoms in total. The largest absolute Gasteiger partial charge is 0.487 e. The highest BCUT2D eigenvalue weighted by atomic mass is 32.2. The second-order valence-electron chi connectivity index (χ2n) is 6.35. The Morgan fingerprint density at radius 3 is 2.58 bits per heavy atom. The average molecular weight is 376 g/mol. The van der Waals surface area contributed by atoms with Crippen molar-refractivity contribution in [2.24, 2.45) is 0 Å². The fourth-order valence-electron chi connectivity index (χ4n) is 2.94. The number of hydrogen-bond donors (Lipinski definition) is 2. The third-order valence-electron chi connectivity index (χ3n) is 4.19. The summed E-state index contributed by atoms with van der Waals surface area (Å²) in [6.45, 7) is 3.11. The zero-order valence-corrected chi connectivity index (χ0v) is 15.3. The minimum absolute atomic E-state index is 0.0321. The molecule has 1 heterocycles. The van der Waals surface area contributed by atoms with Gasteiger partial charge in [0, 0.05) is 18.4 Å². The van der Waals surface area contributed by atoms with Crippen LogP contribution in [-0.4, -0.2) is 38.4 Å². The Labute approximate surface area is 152 Å². The van der Waals surface area contributed by atoms with Crippen molar-refractivity contribution in [3.8, 4) is 5.75 Å². The molecule has 0 fully saturated rings. The first-order valence-electron chi connectivity index (χ1n) is 8.07. The molecule has 0 bridgehead atoms. The molecule has 2 N–H and O–H groups in total. The predicted octanol–water partition coefficient (Wildman–Crippen LogP) is 2.00. The van der Waals surface area contributed by atoms with Gasteiger partial charge in [0.15, 0.2) is 9.84 Å². The molecular weight excluding hydrogens is 356 g/mol. The standard InChI is InChI=1S/C18H20N2O5S/c1-12-10-20(11-13-3-6-15(7-4-13)26(2,23)24)16-9-14(18(21)19-22)5-8-17(16)25-12/h3-9,12,22H,10-11H2,1-2H3,(H,19,21). The van der Waals surface area contributed by atoms with E-state index in [1.54, 1.807) is 47.9 Å². The predicted molar refractivity (Wildman–Crippen MR) is 96.4 cm³/mol. The lowest BCUT2D eigenvalue weighted by Gasteiger charge is -2.35. The summed E-state index contributed by atoms with van der Waals surface area (Å²) < 4.78 is 29.0. The number of rotatable bonds is 4. The zero-order valence-electron chi connectivity index (χ0n) is 14.5. The molecule has 3 rings (SSSR count). The van der Waals surface area contributed by atoms with E-state index in [9.17, 15) is 13.2 Å². The first kappa shape index (κ1) is 18.2. The molecule has 1 amide bonds. The number of hydroxylamine groups is 1. The highest BCUT2D eigenvalue weighted by molar-refractivity contribution is 7.90. The van der Waals surface area contributed by atoms with Crippen molar-refractivity contribution >= 4 is 21.4 Å². The Bertz CT molecular complexity index is 925. The van der Waals surface area contributed by atoms with E-state index < -0.39 is 15.7 Å².